The molecule has 0 atom stereocenters. The lowest BCUT2D eigenvalue weighted by molar-refractivity contribution is -0.0790. The summed E-state index contributed by atoms with van der Waals surface area (Å²) in [5, 5.41) is 0. The summed E-state index contributed by atoms with van der Waals surface area (Å²) in [5.74, 6) is 0. The van der Waals surface area contributed by atoms with Gasteiger partial charge in [-0.1, -0.05) is 18.2 Å². The number of halogens is 3. The summed E-state index contributed by atoms with van der Waals surface area (Å²) < 4.78 is 36.4. The van der Waals surface area contributed by atoms with Gasteiger partial charge in [0.25, 0.3) is 0 Å². The van der Waals surface area contributed by atoms with Crippen LogP contribution in [0.1, 0.15) is 18.4 Å². The number of anilines is 1. The van der Waals surface area contributed by atoms with Crippen LogP contribution in [0.4, 0.5) is 18.9 Å². The van der Waals surface area contributed by atoms with Crippen molar-refractivity contribution in [1.29, 1.82) is 0 Å². The van der Waals surface area contributed by atoms with E-state index in [1.807, 2.05) is 12.1 Å². The Bertz CT molecular complexity index is 403. The van der Waals surface area contributed by atoms with Crippen LogP contribution in [0.3, 0.4) is 0 Å². The fourth-order valence-electron chi connectivity index (χ4n) is 2.06. The van der Waals surface area contributed by atoms with Gasteiger partial charge >= 0.3 is 6.18 Å². The van der Waals surface area contributed by atoms with Gasteiger partial charge in [-0.2, -0.15) is 13.2 Å². The SMILES string of the molecule is FC(F)(F)/C=C/c1ccccc1N1CCCC1. The Hall–Kier alpha value is -1.45. The van der Waals surface area contributed by atoms with E-state index in [9.17, 15) is 13.2 Å². The molecule has 0 aromatic heterocycles. The fraction of sp³-hybridized carbons (Fsp3) is 0.385. The van der Waals surface area contributed by atoms with Crippen LogP contribution in [-0.4, -0.2) is 19.3 Å². The molecular weight excluding hydrogens is 227 g/mol. The van der Waals surface area contributed by atoms with Crippen LogP contribution in [0.2, 0.25) is 0 Å². The van der Waals surface area contributed by atoms with Gasteiger partial charge in [0.15, 0.2) is 0 Å². The lowest BCUT2D eigenvalue weighted by atomic mass is 10.1. The first-order valence-electron chi connectivity index (χ1n) is 5.66. The summed E-state index contributed by atoms with van der Waals surface area (Å²) in [6.45, 7) is 1.85. The Morgan fingerprint density at radius 2 is 1.71 bits per heavy atom. The zero-order valence-corrected chi connectivity index (χ0v) is 9.37. The third-order valence-corrected chi connectivity index (χ3v) is 2.84. The zero-order chi connectivity index (χ0) is 12.3. The number of allylic oxidation sites excluding steroid dienone is 1. The molecule has 0 saturated carbocycles. The summed E-state index contributed by atoms with van der Waals surface area (Å²) >= 11 is 0. The number of benzene rings is 1. The first kappa shape index (κ1) is 12.0. The van der Waals surface area contributed by atoms with Crippen molar-refractivity contribution in [3.63, 3.8) is 0 Å². The molecule has 1 aromatic carbocycles. The van der Waals surface area contributed by atoms with E-state index < -0.39 is 6.18 Å². The van der Waals surface area contributed by atoms with E-state index in [0.717, 1.165) is 37.7 Å². The number of alkyl halides is 3. The first-order valence-corrected chi connectivity index (χ1v) is 5.66. The summed E-state index contributed by atoms with van der Waals surface area (Å²) in [6.07, 6.45) is -0.595. The number of nitrogens with zero attached hydrogens (tertiary/aromatic N) is 1. The van der Waals surface area contributed by atoms with Crippen LogP contribution in [0, 0.1) is 0 Å². The third kappa shape index (κ3) is 3.25. The molecule has 1 aromatic rings. The maximum absolute atomic E-state index is 12.1. The van der Waals surface area contributed by atoms with Gasteiger partial charge < -0.3 is 4.90 Å². The number of rotatable bonds is 2. The lowest BCUT2D eigenvalue weighted by Gasteiger charge is -2.20. The fourth-order valence-corrected chi connectivity index (χ4v) is 2.06. The topological polar surface area (TPSA) is 3.24 Å². The van der Waals surface area contributed by atoms with Gasteiger partial charge in [-0.25, -0.2) is 0 Å². The second-order valence-electron chi connectivity index (χ2n) is 4.13. The van der Waals surface area contributed by atoms with Gasteiger partial charge in [-0.05, 0) is 30.5 Å². The van der Waals surface area contributed by atoms with Crippen LogP contribution >= 0.6 is 0 Å². The van der Waals surface area contributed by atoms with E-state index in [-0.39, 0.29) is 0 Å². The molecule has 0 radical (unpaired) electrons. The van der Waals surface area contributed by atoms with Gasteiger partial charge in [0, 0.05) is 24.9 Å². The highest BCUT2D eigenvalue weighted by Gasteiger charge is 2.22. The van der Waals surface area contributed by atoms with Crippen LogP contribution in [0.15, 0.2) is 30.3 Å². The van der Waals surface area contributed by atoms with Gasteiger partial charge in [0.2, 0.25) is 0 Å². The molecule has 0 unspecified atom stereocenters. The highest BCUT2D eigenvalue weighted by molar-refractivity contribution is 5.68. The minimum atomic E-state index is -4.25. The van der Waals surface area contributed by atoms with E-state index in [1.54, 1.807) is 12.1 Å². The molecule has 0 bridgehead atoms. The number of para-hydroxylation sites is 1. The van der Waals surface area contributed by atoms with Crippen LogP contribution in [0.5, 0.6) is 0 Å². The molecule has 4 heteroatoms. The highest BCUT2D eigenvalue weighted by Crippen LogP contribution is 2.27. The average molecular weight is 241 g/mol. The molecule has 1 saturated heterocycles. The van der Waals surface area contributed by atoms with Crippen LogP contribution < -0.4 is 4.90 Å². The van der Waals surface area contributed by atoms with Crippen molar-refractivity contribution < 1.29 is 13.2 Å². The quantitative estimate of drug-likeness (QED) is 0.759. The maximum atomic E-state index is 12.1. The summed E-state index contributed by atoms with van der Waals surface area (Å²) in [6, 6.07) is 7.21. The second-order valence-corrected chi connectivity index (χ2v) is 4.13. The predicted molar refractivity (Wildman–Crippen MR) is 63.0 cm³/mol. The van der Waals surface area contributed by atoms with Gasteiger partial charge in [0.05, 0.1) is 0 Å². The van der Waals surface area contributed by atoms with Crippen molar-refractivity contribution in [2.24, 2.45) is 0 Å². The smallest absolute Gasteiger partial charge is 0.371 e. The first-order chi connectivity index (χ1) is 8.06. The molecule has 0 amide bonds. The molecule has 0 aliphatic carbocycles. The molecule has 17 heavy (non-hydrogen) atoms. The monoisotopic (exact) mass is 241 g/mol. The highest BCUT2D eigenvalue weighted by atomic mass is 19.4. The molecular formula is C13H14F3N. The minimum Gasteiger partial charge on any atom is -0.371 e. The van der Waals surface area contributed by atoms with Crippen molar-refractivity contribution >= 4 is 11.8 Å². The van der Waals surface area contributed by atoms with E-state index in [4.69, 9.17) is 0 Å². The summed E-state index contributed by atoms with van der Waals surface area (Å²) in [7, 11) is 0. The Balaban J connectivity index is 2.24. The van der Waals surface area contributed by atoms with E-state index >= 15 is 0 Å². The Kier molecular flexibility index (Phi) is 3.41. The molecule has 1 fully saturated rings. The molecule has 0 spiro atoms. The predicted octanol–water partition coefficient (Wildman–Crippen LogP) is 3.86. The zero-order valence-electron chi connectivity index (χ0n) is 9.37. The lowest BCUT2D eigenvalue weighted by Crippen LogP contribution is -2.18. The molecule has 1 heterocycles. The van der Waals surface area contributed by atoms with Crippen molar-refractivity contribution in [3.8, 4) is 0 Å². The number of hydrogen-bond donors (Lipinski definition) is 0. The summed E-state index contributed by atoms with van der Waals surface area (Å²) in [4.78, 5) is 2.13. The van der Waals surface area contributed by atoms with Crippen molar-refractivity contribution in [3.05, 3.63) is 35.9 Å². The maximum Gasteiger partial charge on any atom is 0.409 e. The van der Waals surface area contributed by atoms with Gasteiger partial charge in [0.1, 0.15) is 0 Å². The van der Waals surface area contributed by atoms with Gasteiger partial charge in [-0.15, -0.1) is 0 Å². The molecule has 1 aliphatic heterocycles. The Morgan fingerprint density at radius 1 is 1.06 bits per heavy atom. The Morgan fingerprint density at radius 3 is 2.35 bits per heavy atom. The van der Waals surface area contributed by atoms with Crippen LogP contribution in [-0.2, 0) is 0 Å². The summed E-state index contributed by atoms with van der Waals surface area (Å²) in [5.41, 5.74) is 1.53. The largest absolute Gasteiger partial charge is 0.409 e. The standard InChI is InChI=1S/C13H14F3N/c14-13(15,16)8-7-11-5-1-2-6-12(11)17-9-3-4-10-17/h1-2,5-8H,3-4,9-10H2/b8-7+. The molecule has 1 aliphatic rings. The minimum absolute atomic E-state index is 0.294. The second kappa shape index (κ2) is 4.82. The van der Waals surface area contributed by atoms with E-state index in [2.05, 4.69) is 4.90 Å². The van der Waals surface area contributed by atoms with Gasteiger partial charge in [-0.3, -0.25) is 0 Å². The molecule has 0 N–H and O–H groups in total. The Labute approximate surface area is 98.5 Å². The van der Waals surface area contributed by atoms with Crippen molar-refractivity contribution in [1.82, 2.24) is 0 Å². The third-order valence-electron chi connectivity index (χ3n) is 2.84. The molecule has 1 nitrogen and oxygen atoms in total. The normalized spacial score (nSPS) is 17.0. The number of hydrogen-bond acceptors (Lipinski definition) is 1. The van der Waals surface area contributed by atoms with Crippen molar-refractivity contribution in [2.45, 2.75) is 19.0 Å². The van der Waals surface area contributed by atoms with E-state index in [1.165, 1.54) is 0 Å². The van der Waals surface area contributed by atoms with Crippen molar-refractivity contribution in [2.75, 3.05) is 18.0 Å². The van der Waals surface area contributed by atoms with Crippen LogP contribution in [0.25, 0.3) is 6.08 Å². The molecule has 2 rings (SSSR count). The molecule has 92 valence electrons. The average Bonchev–Trinajstić information content (AvgIpc) is 2.79. The van der Waals surface area contributed by atoms with E-state index in [0.29, 0.717) is 11.6 Å².